The van der Waals surface area contributed by atoms with Crippen LogP contribution in [0.4, 0.5) is 0 Å². The molecule has 1 heterocycles. The Morgan fingerprint density at radius 2 is 1.95 bits per heavy atom. The smallest absolute Gasteiger partial charge is 0.0446 e. The van der Waals surface area contributed by atoms with E-state index in [0.717, 1.165) is 13.0 Å². The normalized spacial score (nSPS) is 24.9. The summed E-state index contributed by atoms with van der Waals surface area (Å²) in [5.41, 5.74) is 1.40. The number of aliphatic hydroxyl groups excluding tert-OH is 1. The monoisotopic (exact) mass is 288 g/mol. The van der Waals surface area contributed by atoms with Crippen molar-refractivity contribution in [2.75, 3.05) is 13.2 Å². The molecule has 0 amide bonds. The molecule has 2 atom stereocenters. The summed E-state index contributed by atoms with van der Waals surface area (Å²) in [6.45, 7) is 2.52. The Morgan fingerprint density at radius 1 is 1.14 bits per heavy atom. The number of rotatable bonds is 7. The van der Waals surface area contributed by atoms with Gasteiger partial charge in [-0.1, -0.05) is 36.8 Å². The van der Waals surface area contributed by atoms with Gasteiger partial charge < -0.3 is 10.4 Å². The molecular weight excluding hydrogens is 260 g/mol. The molecule has 2 aliphatic rings. The summed E-state index contributed by atoms with van der Waals surface area (Å²) >= 11 is 0. The lowest BCUT2D eigenvalue weighted by molar-refractivity contribution is 0.0941. The number of benzene rings is 1. The standard InChI is InChI=1S/C18H28N2O/c21-13-11-17(19-16-9-10-16)18-8-4-5-12-20(18)14-15-6-2-1-3-7-15/h1-3,6-7,16-19,21H,4-5,8-14H2/t17-,18-/m1/s1. The topological polar surface area (TPSA) is 35.5 Å². The van der Waals surface area contributed by atoms with Crippen LogP contribution in [0.2, 0.25) is 0 Å². The minimum Gasteiger partial charge on any atom is -0.396 e. The lowest BCUT2D eigenvalue weighted by Crippen LogP contribution is -2.52. The van der Waals surface area contributed by atoms with Crippen LogP contribution in [-0.2, 0) is 6.54 Å². The Balaban J connectivity index is 1.66. The lowest BCUT2D eigenvalue weighted by atomic mass is 9.93. The van der Waals surface area contributed by atoms with Crippen LogP contribution in [0.15, 0.2) is 30.3 Å². The predicted molar refractivity (Wildman–Crippen MR) is 86.1 cm³/mol. The average molecular weight is 288 g/mol. The molecule has 1 aromatic rings. The van der Waals surface area contributed by atoms with Crippen LogP contribution in [0.1, 0.15) is 44.1 Å². The molecule has 1 aromatic carbocycles. The first-order valence-corrected chi connectivity index (χ1v) is 8.51. The van der Waals surface area contributed by atoms with Gasteiger partial charge in [-0.25, -0.2) is 0 Å². The highest BCUT2D eigenvalue weighted by Gasteiger charge is 2.33. The maximum Gasteiger partial charge on any atom is 0.0446 e. The Morgan fingerprint density at radius 3 is 2.67 bits per heavy atom. The molecule has 1 saturated carbocycles. The summed E-state index contributed by atoms with van der Waals surface area (Å²) < 4.78 is 0. The first kappa shape index (κ1) is 15.0. The Labute approximate surface area is 128 Å². The lowest BCUT2D eigenvalue weighted by Gasteiger charge is -2.41. The molecule has 1 saturated heterocycles. The number of piperidine rings is 1. The van der Waals surface area contributed by atoms with Gasteiger partial charge in [0, 0.05) is 31.3 Å². The second kappa shape index (κ2) is 7.39. The third-order valence-corrected chi connectivity index (χ3v) is 4.82. The van der Waals surface area contributed by atoms with Crippen molar-refractivity contribution in [2.24, 2.45) is 0 Å². The molecule has 0 spiro atoms. The SMILES string of the molecule is OCC[C@@H](NC1CC1)[C@H]1CCCCN1Cc1ccccc1. The maximum absolute atomic E-state index is 9.42. The van der Waals surface area contributed by atoms with E-state index in [0.29, 0.717) is 24.7 Å². The van der Waals surface area contributed by atoms with Crippen LogP contribution in [0.5, 0.6) is 0 Å². The molecule has 116 valence electrons. The zero-order valence-electron chi connectivity index (χ0n) is 12.9. The minimum absolute atomic E-state index is 0.292. The highest BCUT2D eigenvalue weighted by molar-refractivity contribution is 5.15. The maximum atomic E-state index is 9.42. The van der Waals surface area contributed by atoms with E-state index in [2.05, 4.69) is 40.5 Å². The number of hydrogen-bond donors (Lipinski definition) is 2. The third-order valence-electron chi connectivity index (χ3n) is 4.82. The second-order valence-corrected chi connectivity index (χ2v) is 6.58. The molecule has 2 fully saturated rings. The van der Waals surface area contributed by atoms with Gasteiger partial charge in [0.25, 0.3) is 0 Å². The molecule has 21 heavy (non-hydrogen) atoms. The van der Waals surface area contributed by atoms with Gasteiger partial charge >= 0.3 is 0 Å². The number of nitrogens with one attached hydrogen (secondary N) is 1. The van der Waals surface area contributed by atoms with E-state index >= 15 is 0 Å². The van der Waals surface area contributed by atoms with E-state index in [1.54, 1.807) is 0 Å². The van der Waals surface area contributed by atoms with Gasteiger partial charge in [-0.2, -0.15) is 0 Å². The van der Waals surface area contributed by atoms with Gasteiger partial charge in [0.05, 0.1) is 0 Å². The van der Waals surface area contributed by atoms with Gasteiger partial charge in [-0.05, 0) is 44.2 Å². The van der Waals surface area contributed by atoms with Gasteiger partial charge in [0.2, 0.25) is 0 Å². The average Bonchev–Trinajstić information content (AvgIpc) is 3.33. The fourth-order valence-electron chi connectivity index (χ4n) is 3.57. The van der Waals surface area contributed by atoms with E-state index in [1.807, 2.05) is 0 Å². The molecule has 2 N–H and O–H groups in total. The van der Waals surface area contributed by atoms with E-state index in [1.165, 1.54) is 44.2 Å². The van der Waals surface area contributed by atoms with E-state index in [9.17, 15) is 5.11 Å². The molecular formula is C18H28N2O. The molecule has 1 aliphatic carbocycles. The number of hydrogen-bond acceptors (Lipinski definition) is 3. The van der Waals surface area contributed by atoms with Crippen LogP contribution in [0, 0.1) is 0 Å². The number of likely N-dealkylation sites (tertiary alicyclic amines) is 1. The van der Waals surface area contributed by atoms with Crippen molar-refractivity contribution < 1.29 is 5.11 Å². The molecule has 0 aromatic heterocycles. The van der Waals surface area contributed by atoms with Crippen LogP contribution in [0.25, 0.3) is 0 Å². The summed E-state index contributed by atoms with van der Waals surface area (Å²) in [4.78, 5) is 2.63. The van der Waals surface area contributed by atoms with Gasteiger partial charge in [-0.3, -0.25) is 4.90 Å². The second-order valence-electron chi connectivity index (χ2n) is 6.58. The summed E-state index contributed by atoms with van der Waals surface area (Å²) in [6.07, 6.45) is 7.40. The summed E-state index contributed by atoms with van der Waals surface area (Å²) in [5.74, 6) is 0. The fraction of sp³-hybridized carbons (Fsp3) is 0.667. The van der Waals surface area contributed by atoms with Gasteiger partial charge in [0.1, 0.15) is 0 Å². The Kier molecular flexibility index (Phi) is 5.28. The molecule has 3 heteroatoms. The highest BCUT2D eigenvalue weighted by Crippen LogP contribution is 2.27. The molecule has 0 unspecified atom stereocenters. The molecule has 0 radical (unpaired) electrons. The van der Waals surface area contributed by atoms with Crippen molar-refractivity contribution in [2.45, 2.75) is 63.2 Å². The predicted octanol–water partition coefficient (Wildman–Crippen LogP) is 2.54. The fourth-order valence-corrected chi connectivity index (χ4v) is 3.57. The number of nitrogens with zero attached hydrogens (tertiary/aromatic N) is 1. The van der Waals surface area contributed by atoms with Gasteiger partial charge in [0.15, 0.2) is 0 Å². The third kappa shape index (κ3) is 4.29. The van der Waals surface area contributed by atoms with Crippen molar-refractivity contribution in [1.29, 1.82) is 0 Å². The van der Waals surface area contributed by atoms with Crippen LogP contribution >= 0.6 is 0 Å². The van der Waals surface area contributed by atoms with Crippen LogP contribution < -0.4 is 5.32 Å². The van der Waals surface area contributed by atoms with Crippen molar-refractivity contribution in [3.63, 3.8) is 0 Å². The first-order valence-electron chi connectivity index (χ1n) is 8.51. The van der Waals surface area contributed by atoms with Crippen LogP contribution in [0.3, 0.4) is 0 Å². The summed E-state index contributed by atoms with van der Waals surface area (Å²) in [7, 11) is 0. The van der Waals surface area contributed by atoms with E-state index in [-0.39, 0.29) is 0 Å². The summed E-state index contributed by atoms with van der Waals surface area (Å²) in [5, 5.41) is 13.2. The van der Waals surface area contributed by atoms with E-state index < -0.39 is 0 Å². The van der Waals surface area contributed by atoms with E-state index in [4.69, 9.17) is 0 Å². The quantitative estimate of drug-likeness (QED) is 0.809. The largest absolute Gasteiger partial charge is 0.396 e. The Hall–Kier alpha value is -0.900. The Bertz CT molecular complexity index is 418. The first-order chi connectivity index (χ1) is 10.4. The molecule has 3 nitrogen and oxygen atoms in total. The minimum atomic E-state index is 0.292. The molecule has 1 aliphatic heterocycles. The van der Waals surface area contributed by atoms with Crippen molar-refractivity contribution >= 4 is 0 Å². The summed E-state index contributed by atoms with van der Waals surface area (Å²) in [6, 6.07) is 12.5. The van der Waals surface area contributed by atoms with Gasteiger partial charge in [-0.15, -0.1) is 0 Å². The zero-order chi connectivity index (χ0) is 14.5. The molecule has 3 rings (SSSR count). The van der Waals surface area contributed by atoms with Crippen molar-refractivity contribution in [1.82, 2.24) is 10.2 Å². The zero-order valence-corrected chi connectivity index (χ0v) is 12.9. The number of aliphatic hydroxyl groups is 1. The molecule has 0 bridgehead atoms. The van der Waals surface area contributed by atoms with Crippen LogP contribution in [-0.4, -0.2) is 41.3 Å². The highest BCUT2D eigenvalue weighted by atomic mass is 16.3. The van der Waals surface area contributed by atoms with Crippen molar-refractivity contribution in [3.8, 4) is 0 Å². The van der Waals surface area contributed by atoms with Crippen molar-refractivity contribution in [3.05, 3.63) is 35.9 Å².